The maximum Gasteiger partial charge on any atom is 0.114 e. The molecule has 6 heavy (non-hydrogen) atoms. The standard InChI is InChI=1S/C4H7BO/c5-4-1-2-6-3-4/h1-2,4H,3,5H2. The molecule has 0 fully saturated rings. The van der Waals surface area contributed by atoms with E-state index in [1.54, 1.807) is 6.26 Å². The molecule has 0 N–H and O–H groups in total. The summed E-state index contributed by atoms with van der Waals surface area (Å²) in [5.74, 6) is 0.644. The molecule has 1 nitrogen and oxygen atoms in total. The molecular weight excluding hydrogens is 74.9 g/mol. The summed E-state index contributed by atoms with van der Waals surface area (Å²) in [5, 5.41) is 0. The van der Waals surface area contributed by atoms with E-state index in [-0.39, 0.29) is 0 Å². The van der Waals surface area contributed by atoms with Crippen LogP contribution in [0.2, 0.25) is 5.82 Å². The third-order valence-electron chi connectivity index (χ3n) is 0.862. The molecule has 32 valence electrons. The van der Waals surface area contributed by atoms with Gasteiger partial charge in [-0.2, -0.15) is 0 Å². The van der Waals surface area contributed by atoms with Gasteiger partial charge in [-0.1, -0.05) is 6.08 Å². The molecule has 0 aromatic heterocycles. The smallest absolute Gasteiger partial charge is 0.114 e. The van der Waals surface area contributed by atoms with E-state index in [0.717, 1.165) is 6.61 Å². The van der Waals surface area contributed by atoms with E-state index in [1.165, 1.54) is 0 Å². The van der Waals surface area contributed by atoms with Crippen molar-refractivity contribution in [3.63, 3.8) is 0 Å². The molecule has 0 bridgehead atoms. The predicted octanol–water partition coefficient (Wildman–Crippen LogP) is -0.0481. The Kier molecular flexibility index (Phi) is 0.865. The summed E-state index contributed by atoms with van der Waals surface area (Å²) in [6, 6.07) is 0. The van der Waals surface area contributed by atoms with Gasteiger partial charge in [0.1, 0.15) is 7.85 Å². The first kappa shape index (κ1) is 3.78. The molecule has 1 rings (SSSR count). The normalized spacial score (nSPS) is 30.3. The maximum atomic E-state index is 4.88. The minimum absolute atomic E-state index is 0.644. The zero-order valence-electron chi connectivity index (χ0n) is 3.85. The Hall–Kier alpha value is -0.395. The van der Waals surface area contributed by atoms with Crippen LogP contribution in [0.1, 0.15) is 0 Å². The lowest BCUT2D eigenvalue weighted by atomic mass is 9.90. The molecule has 0 saturated carbocycles. The van der Waals surface area contributed by atoms with Gasteiger partial charge >= 0.3 is 0 Å². The summed E-state index contributed by atoms with van der Waals surface area (Å²) < 4.78 is 4.88. The lowest BCUT2D eigenvalue weighted by molar-refractivity contribution is 0.282. The topological polar surface area (TPSA) is 9.23 Å². The first-order chi connectivity index (χ1) is 2.89. The molecule has 1 unspecified atom stereocenters. The molecule has 0 aromatic rings. The first-order valence-electron chi connectivity index (χ1n) is 2.18. The highest BCUT2D eigenvalue weighted by atomic mass is 16.5. The van der Waals surface area contributed by atoms with Gasteiger partial charge in [0.2, 0.25) is 0 Å². The molecule has 0 aromatic carbocycles. The lowest BCUT2D eigenvalue weighted by Gasteiger charge is -1.90. The van der Waals surface area contributed by atoms with Crippen LogP contribution in [-0.2, 0) is 4.74 Å². The second kappa shape index (κ2) is 1.37. The molecule has 1 aliphatic heterocycles. The molecule has 2 heteroatoms. The number of hydrogen-bond acceptors (Lipinski definition) is 1. The highest BCUT2D eigenvalue weighted by molar-refractivity contribution is 6.13. The molecule has 0 amide bonds. The van der Waals surface area contributed by atoms with E-state index in [9.17, 15) is 0 Å². The van der Waals surface area contributed by atoms with E-state index in [2.05, 4.69) is 13.9 Å². The van der Waals surface area contributed by atoms with Crippen LogP contribution >= 0.6 is 0 Å². The quantitative estimate of drug-likeness (QED) is 0.372. The third-order valence-corrected chi connectivity index (χ3v) is 0.862. The first-order valence-corrected chi connectivity index (χ1v) is 2.18. The predicted molar refractivity (Wildman–Crippen MR) is 27.4 cm³/mol. The second-order valence-electron chi connectivity index (χ2n) is 1.64. The van der Waals surface area contributed by atoms with Gasteiger partial charge in [0, 0.05) is 0 Å². The van der Waals surface area contributed by atoms with Crippen LogP contribution < -0.4 is 0 Å². The molecule has 0 spiro atoms. The van der Waals surface area contributed by atoms with Gasteiger partial charge in [-0.05, 0) is 5.82 Å². The van der Waals surface area contributed by atoms with Crippen LogP contribution in [0.25, 0.3) is 0 Å². The zero-order chi connectivity index (χ0) is 4.41. The van der Waals surface area contributed by atoms with Crippen molar-refractivity contribution in [3.05, 3.63) is 12.3 Å². The second-order valence-corrected chi connectivity index (χ2v) is 1.64. The van der Waals surface area contributed by atoms with E-state index < -0.39 is 0 Å². The van der Waals surface area contributed by atoms with Gasteiger partial charge in [0.25, 0.3) is 0 Å². The van der Waals surface area contributed by atoms with Gasteiger partial charge in [-0.25, -0.2) is 0 Å². The molecule has 1 atom stereocenters. The van der Waals surface area contributed by atoms with Gasteiger partial charge in [-0.15, -0.1) is 0 Å². The zero-order valence-corrected chi connectivity index (χ0v) is 3.85. The summed E-state index contributed by atoms with van der Waals surface area (Å²) >= 11 is 0. The van der Waals surface area contributed by atoms with Crippen molar-refractivity contribution in [1.82, 2.24) is 0 Å². The van der Waals surface area contributed by atoms with Crippen LogP contribution in [0.5, 0.6) is 0 Å². The van der Waals surface area contributed by atoms with E-state index in [1.807, 2.05) is 0 Å². The van der Waals surface area contributed by atoms with Crippen LogP contribution in [0.15, 0.2) is 12.3 Å². The Balaban J connectivity index is 2.38. The average Bonchev–Trinajstić information content (AvgIpc) is 1.86. The van der Waals surface area contributed by atoms with E-state index in [0.29, 0.717) is 5.82 Å². The average molecular weight is 81.9 g/mol. The lowest BCUT2D eigenvalue weighted by Crippen LogP contribution is -1.87. The molecular formula is C4H7BO. The van der Waals surface area contributed by atoms with Gasteiger partial charge in [-0.3, -0.25) is 0 Å². The summed E-state index contributed by atoms with van der Waals surface area (Å²) in [5.41, 5.74) is 0. The van der Waals surface area contributed by atoms with Gasteiger partial charge < -0.3 is 4.74 Å². The number of rotatable bonds is 0. The molecule has 0 saturated heterocycles. The maximum absolute atomic E-state index is 4.88. The van der Waals surface area contributed by atoms with Crippen molar-refractivity contribution in [3.8, 4) is 0 Å². The SMILES string of the molecule is BC1C=COC1. The number of ether oxygens (including phenoxy) is 1. The summed E-state index contributed by atoms with van der Waals surface area (Å²) in [6.07, 6.45) is 3.81. The Morgan fingerprint density at radius 1 is 1.83 bits per heavy atom. The molecule has 1 heterocycles. The van der Waals surface area contributed by atoms with Crippen molar-refractivity contribution >= 4 is 7.85 Å². The fraction of sp³-hybridized carbons (Fsp3) is 0.500. The van der Waals surface area contributed by atoms with Crippen molar-refractivity contribution < 1.29 is 4.74 Å². The van der Waals surface area contributed by atoms with Crippen molar-refractivity contribution in [2.75, 3.05) is 6.61 Å². The largest absolute Gasteiger partial charge is 0.502 e. The highest BCUT2D eigenvalue weighted by Gasteiger charge is 2.00. The highest BCUT2D eigenvalue weighted by Crippen LogP contribution is 2.07. The monoisotopic (exact) mass is 82.1 g/mol. The van der Waals surface area contributed by atoms with Crippen LogP contribution in [0.4, 0.5) is 0 Å². The fourth-order valence-corrected chi connectivity index (χ4v) is 0.453. The van der Waals surface area contributed by atoms with Crippen LogP contribution in [0.3, 0.4) is 0 Å². The Morgan fingerprint density at radius 2 is 2.67 bits per heavy atom. The third kappa shape index (κ3) is 0.561. The minimum Gasteiger partial charge on any atom is -0.502 e. The van der Waals surface area contributed by atoms with E-state index >= 15 is 0 Å². The molecule has 0 aliphatic carbocycles. The van der Waals surface area contributed by atoms with Crippen molar-refractivity contribution in [2.24, 2.45) is 0 Å². The Bertz CT molecular complexity index is 69.9. The summed E-state index contributed by atoms with van der Waals surface area (Å²) in [7, 11) is 2.13. The van der Waals surface area contributed by atoms with Crippen molar-refractivity contribution in [1.29, 1.82) is 0 Å². The molecule has 1 aliphatic rings. The summed E-state index contributed by atoms with van der Waals surface area (Å²) in [4.78, 5) is 0. The van der Waals surface area contributed by atoms with Gasteiger partial charge in [0.05, 0.1) is 12.9 Å². The molecule has 0 radical (unpaired) electrons. The van der Waals surface area contributed by atoms with Crippen LogP contribution in [-0.4, -0.2) is 14.5 Å². The Labute approximate surface area is 38.4 Å². The van der Waals surface area contributed by atoms with E-state index in [4.69, 9.17) is 4.74 Å². The minimum atomic E-state index is 0.644. The summed E-state index contributed by atoms with van der Waals surface area (Å²) in [6.45, 7) is 0.875. The number of hydrogen-bond donors (Lipinski definition) is 0. The fourth-order valence-electron chi connectivity index (χ4n) is 0.453. The van der Waals surface area contributed by atoms with Gasteiger partial charge in [0.15, 0.2) is 0 Å². The van der Waals surface area contributed by atoms with Crippen molar-refractivity contribution in [2.45, 2.75) is 5.82 Å². The Morgan fingerprint density at radius 3 is 2.83 bits per heavy atom. The van der Waals surface area contributed by atoms with Crippen LogP contribution in [0, 0.1) is 0 Å².